The summed E-state index contributed by atoms with van der Waals surface area (Å²) < 4.78 is 26.8. The van der Waals surface area contributed by atoms with Crippen LogP contribution in [0.3, 0.4) is 0 Å². The van der Waals surface area contributed by atoms with E-state index in [1.165, 1.54) is 0 Å². The number of aryl methyl sites for hydroxylation is 2. The molecule has 2 aromatic carbocycles. The number of hydrogen-bond donors (Lipinski definition) is 1. The molecule has 28 heavy (non-hydrogen) atoms. The highest BCUT2D eigenvalue weighted by atomic mass is 32.2. The minimum atomic E-state index is -3.35. The largest absolute Gasteiger partial charge is 0.322 e. The van der Waals surface area contributed by atoms with Gasteiger partial charge in [0.05, 0.1) is 5.75 Å². The second kappa shape index (κ2) is 8.43. The lowest BCUT2D eigenvalue weighted by atomic mass is 10.1. The standard InChI is InChI=1S/C21H27N3O3S/c1-16-4-9-20(17(2)14-16)22-21(25)19-7-5-18(6-8-19)15-28(26,27)24-12-10-23(3)11-13-24/h4-9,14H,10-13,15H2,1-3H3,(H,22,25). The van der Waals surface area contributed by atoms with Crippen LogP contribution in [0.4, 0.5) is 5.69 Å². The summed E-state index contributed by atoms with van der Waals surface area (Å²) in [5.41, 5.74) is 4.10. The van der Waals surface area contributed by atoms with E-state index in [1.54, 1.807) is 28.6 Å². The van der Waals surface area contributed by atoms with Crippen LogP contribution in [-0.2, 0) is 15.8 Å². The monoisotopic (exact) mass is 401 g/mol. The van der Waals surface area contributed by atoms with Crippen molar-refractivity contribution in [1.82, 2.24) is 9.21 Å². The lowest BCUT2D eigenvalue weighted by Gasteiger charge is -2.31. The van der Waals surface area contributed by atoms with E-state index >= 15 is 0 Å². The van der Waals surface area contributed by atoms with Crippen LogP contribution >= 0.6 is 0 Å². The first-order valence-electron chi connectivity index (χ1n) is 9.38. The Morgan fingerprint density at radius 1 is 1.00 bits per heavy atom. The van der Waals surface area contributed by atoms with Crippen molar-refractivity contribution >= 4 is 21.6 Å². The summed E-state index contributed by atoms with van der Waals surface area (Å²) in [6.07, 6.45) is 0. The summed E-state index contributed by atoms with van der Waals surface area (Å²) in [5.74, 6) is -0.254. The number of piperazine rings is 1. The van der Waals surface area contributed by atoms with E-state index in [1.807, 2.05) is 39.1 Å². The lowest BCUT2D eigenvalue weighted by molar-refractivity contribution is 0.102. The molecule has 0 spiro atoms. The van der Waals surface area contributed by atoms with Crippen LogP contribution in [0.5, 0.6) is 0 Å². The zero-order valence-electron chi connectivity index (χ0n) is 16.6. The Labute approximate surface area is 167 Å². The van der Waals surface area contributed by atoms with Crippen molar-refractivity contribution < 1.29 is 13.2 Å². The fraction of sp³-hybridized carbons (Fsp3) is 0.381. The smallest absolute Gasteiger partial charge is 0.255 e. The van der Waals surface area contributed by atoms with Crippen LogP contribution in [0.25, 0.3) is 0 Å². The van der Waals surface area contributed by atoms with E-state index < -0.39 is 10.0 Å². The van der Waals surface area contributed by atoms with Gasteiger partial charge < -0.3 is 10.2 Å². The van der Waals surface area contributed by atoms with E-state index in [9.17, 15) is 13.2 Å². The molecule has 0 radical (unpaired) electrons. The number of hydrogen-bond acceptors (Lipinski definition) is 4. The molecule has 1 amide bonds. The molecule has 2 aromatic rings. The molecule has 0 unspecified atom stereocenters. The second-order valence-electron chi connectivity index (χ2n) is 7.43. The zero-order valence-corrected chi connectivity index (χ0v) is 17.4. The Balaban J connectivity index is 1.65. The molecular formula is C21H27N3O3S. The van der Waals surface area contributed by atoms with Gasteiger partial charge in [-0.1, -0.05) is 29.8 Å². The highest BCUT2D eigenvalue weighted by Gasteiger charge is 2.25. The summed E-state index contributed by atoms with van der Waals surface area (Å²) in [5, 5.41) is 2.91. The van der Waals surface area contributed by atoms with Crippen LogP contribution in [0.2, 0.25) is 0 Å². The predicted molar refractivity (Wildman–Crippen MR) is 112 cm³/mol. The summed E-state index contributed by atoms with van der Waals surface area (Å²) in [4.78, 5) is 14.6. The Hall–Kier alpha value is -2.22. The molecule has 0 atom stereocenters. The van der Waals surface area contributed by atoms with Crippen molar-refractivity contribution in [1.29, 1.82) is 0 Å². The summed E-state index contributed by atoms with van der Waals surface area (Å²) in [6.45, 7) is 6.50. The van der Waals surface area contributed by atoms with Gasteiger partial charge in [0.1, 0.15) is 0 Å². The Morgan fingerprint density at radius 3 is 2.25 bits per heavy atom. The maximum Gasteiger partial charge on any atom is 0.255 e. The number of sulfonamides is 1. The SMILES string of the molecule is Cc1ccc(NC(=O)c2ccc(CS(=O)(=O)N3CCN(C)CC3)cc2)c(C)c1. The number of nitrogens with zero attached hydrogens (tertiary/aromatic N) is 2. The molecule has 0 aliphatic carbocycles. The third-order valence-corrected chi connectivity index (χ3v) is 6.90. The molecule has 3 rings (SSSR count). The topological polar surface area (TPSA) is 69.7 Å². The summed E-state index contributed by atoms with van der Waals surface area (Å²) in [6, 6.07) is 12.6. The normalized spacial score (nSPS) is 16.1. The zero-order chi connectivity index (χ0) is 20.3. The Morgan fingerprint density at radius 2 is 1.64 bits per heavy atom. The van der Waals surface area contributed by atoms with Gasteiger partial charge in [0.2, 0.25) is 10.0 Å². The van der Waals surface area contributed by atoms with Crippen molar-refractivity contribution in [2.45, 2.75) is 19.6 Å². The Bertz CT molecular complexity index is 947. The minimum Gasteiger partial charge on any atom is -0.322 e. The molecule has 6 nitrogen and oxygen atoms in total. The first-order chi connectivity index (χ1) is 13.2. The number of likely N-dealkylation sites (N-methyl/N-ethyl adjacent to an activating group) is 1. The van der Waals surface area contributed by atoms with Crippen LogP contribution in [0.15, 0.2) is 42.5 Å². The van der Waals surface area contributed by atoms with Gasteiger partial charge in [-0.2, -0.15) is 4.31 Å². The molecule has 1 fully saturated rings. The average molecular weight is 402 g/mol. The van der Waals surface area contributed by atoms with Crippen LogP contribution in [0, 0.1) is 13.8 Å². The van der Waals surface area contributed by atoms with Crippen LogP contribution in [0.1, 0.15) is 27.0 Å². The molecule has 1 N–H and O–H groups in total. The number of amides is 1. The van der Waals surface area contributed by atoms with Gasteiger partial charge in [-0.05, 0) is 50.2 Å². The molecule has 1 aliphatic heterocycles. The van der Waals surface area contributed by atoms with Crippen molar-refractivity contribution in [2.75, 3.05) is 38.5 Å². The molecule has 150 valence electrons. The first-order valence-corrected chi connectivity index (χ1v) is 11.0. The quantitative estimate of drug-likeness (QED) is 0.836. The van der Waals surface area contributed by atoms with E-state index in [0.717, 1.165) is 29.9 Å². The highest BCUT2D eigenvalue weighted by Crippen LogP contribution is 2.18. The van der Waals surface area contributed by atoms with Gasteiger partial charge in [0.25, 0.3) is 5.91 Å². The van der Waals surface area contributed by atoms with Crippen molar-refractivity contribution in [2.24, 2.45) is 0 Å². The molecule has 1 aliphatic rings. The number of carbonyl (C=O) groups is 1. The number of nitrogens with one attached hydrogen (secondary N) is 1. The molecule has 7 heteroatoms. The third-order valence-electron chi connectivity index (χ3n) is 5.05. The van der Waals surface area contributed by atoms with Crippen molar-refractivity contribution in [3.63, 3.8) is 0 Å². The first kappa shape index (κ1) is 20.5. The maximum absolute atomic E-state index is 12.6. The van der Waals surface area contributed by atoms with Crippen molar-refractivity contribution in [3.05, 3.63) is 64.7 Å². The van der Waals surface area contributed by atoms with Gasteiger partial charge >= 0.3 is 0 Å². The molecule has 0 aromatic heterocycles. The van der Waals surface area contributed by atoms with Gasteiger partial charge in [-0.15, -0.1) is 0 Å². The third kappa shape index (κ3) is 4.98. The fourth-order valence-electron chi connectivity index (χ4n) is 3.27. The molecule has 1 saturated heterocycles. The number of rotatable bonds is 5. The number of benzene rings is 2. The van der Waals surface area contributed by atoms with Crippen LogP contribution in [-0.4, -0.2) is 56.8 Å². The van der Waals surface area contributed by atoms with E-state index in [2.05, 4.69) is 10.2 Å². The van der Waals surface area contributed by atoms with Gasteiger partial charge in [-0.3, -0.25) is 4.79 Å². The average Bonchev–Trinajstić information content (AvgIpc) is 2.64. The highest BCUT2D eigenvalue weighted by molar-refractivity contribution is 7.88. The van der Waals surface area contributed by atoms with E-state index in [-0.39, 0.29) is 11.7 Å². The van der Waals surface area contributed by atoms with Gasteiger partial charge in [0.15, 0.2) is 0 Å². The lowest BCUT2D eigenvalue weighted by Crippen LogP contribution is -2.47. The predicted octanol–water partition coefficient (Wildman–Crippen LogP) is 2.63. The minimum absolute atomic E-state index is 0.0459. The van der Waals surface area contributed by atoms with Crippen molar-refractivity contribution in [3.8, 4) is 0 Å². The van der Waals surface area contributed by atoms with Gasteiger partial charge in [-0.25, -0.2) is 8.42 Å². The molecule has 0 bridgehead atoms. The Kier molecular flexibility index (Phi) is 6.17. The maximum atomic E-state index is 12.6. The number of carbonyl (C=O) groups excluding carboxylic acids is 1. The fourth-order valence-corrected chi connectivity index (χ4v) is 4.78. The molecule has 0 saturated carbocycles. The van der Waals surface area contributed by atoms with Gasteiger partial charge in [0, 0.05) is 37.4 Å². The van der Waals surface area contributed by atoms with E-state index in [0.29, 0.717) is 24.2 Å². The van der Waals surface area contributed by atoms with Crippen LogP contribution < -0.4 is 5.32 Å². The summed E-state index contributed by atoms with van der Waals surface area (Å²) in [7, 11) is -1.35. The molecular weight excluding hydrogens is 374 g/mol. The number of anilines is 1. The second-order valence-corrected chi connectivity index (χ2v) is 9.40. The van der Waals surface area contributed by atoms with E-state index in [4.69, 9.17) is 0 Å². The molecule has 1 heterocycles. The summed E-state index contributed by atoms with van der Waals surface area (Å²) >= 11 is 0.